The van der Waals surface area contributed by atoms with Gasteiger partial charge in [0.05, 0.1) is 0 Å². The van der Waals surface area contributed by atoms with Crippen LogP contribution in [0.2, 0.25) is 0 Å². The highest BCUT2D eigenvalue weighted by molar-refractivity contribution is 5.93. The van der Waals surface area contributed by atoms with Crippen molar-refractivity contribution in [3.8, 4) is 44.5 Å². The molecule has 0 radical (unpaired) electrons. The molecule has 0 aromatic heterocycles. The molecular weight excluding hydrogens is 689 g/mol. The molecule has 2 N–H and O–H groups in total. The molecule has 0 saturated heterocycles. The van der Waals surface area contributed by atoms with Gasteiger partial charge < -0.3 is 10.6 Å². The van der Waals surface area contributed by atoms with E-state index in [1.165, 1.54) is 78.0 Å². The third-order valence-corrected chi connectivity index (χ3v) is 13.0. The molecule has 0 bridgehead atoms. The normalized spacial score (nSPS) is 17.9. The standard InChI is InChI=1S/C55H48N2/c1-35-17-14-23-42-43-25-16-28-50(53(43)55(4,5)51(35)42)57-48-32-30-39(34-45(48)37-20-10-7-11-21-37)38-29-31-47(44(33-38)36-18-8-6-9-19-36)56-49-27-15-24-41-40-22-12-13-26-46(40)54(2,3)52(41)49/h6-35,51,56-57H,1-5H3. The molecule has 2 atom stereocenters. The predicted octanol–water partition coefficient (Wildman–Crippen LogP) is 15.0. The lowest BCUT2D eigenvalue weighted by molar-refractivity contribution is 0.348. The van der Waals surface area contributed by atoms with Crippen molar-refractivity contribution in [1.29, 1.82) is 0 Å². The highest BCUT2D eigenvalue weighted by Gasteiger charge is 2.47. The number of benzene rings is 7. The van der Waals surface area contributed by atoms with Crippen molar-refractivity contribution in [1.82, 2.24) is 0 Å². The van der Waals surface area contributed by atoms with E-state index in [2.05, 4.69) is 221 Å². The second-order valence-corrected chi connectivity index (χ2v) is 17.2. The first-order valence-electron chi connectivity index (χ1n) is 20.4. The van der Waals surface area contributed by atoms with Crippen LogP contribution in [0.25, 0.3) is 50.1 Å². The van der Waals surface area contributed by atoms with Crippen LogP contribution in [0.3, 0.4) is 0 Å². The van der Waals surface area contributed by atoms with Crippen LogP contribution in [-0.2, 0) is 10.8 Å². The Kier molecular flexibility index (Phi) is 8.23. The number of fused-ring (bicyclic) bond motifs is 6. The van der Waals surface area contributed by atoms with Crippen molar-refractivity contribution in [3.05, 3.63) is 198 Å². The Balaban J connectivity index is 1.06. The zero-order valence-electron chi connectivity index (χ0n) is 33.4. The summed E-state index contributed by atoms with van der Waals surface area (Å²) >= 11 is 0. The van der Waals surface area contributed by atoms with E-state index >= 15 is 0 Å². The monoisotopic (exact) mass is 736 g/mol. The van der Waals surface area contributed by atoms with Gasteiger partial charge in [-0.3, -0.25) is 0 Å². The molecule has 0 saturated carbocycles. The molecule has 10 rings (SSSR count). The highest BCUT2D eigenvalue weighted by atomic mass is 14.9. The van der Waals surface area contributed by atoms with Crippen LogP contribution in [0.15, 0.2) is 176 Å². The van der Waals surface area contributed by atoms with E-state index in [4.69, 9.17) is 0 Å². The van der Waals surface area contributed by atoms with Gasteiger partial charge in [-0.2, -0.15) is 0 Å². The summed E-state index contributed by atoms with van der Waals surface area (Å²) < 4.78 is 0. The van der Waals surface area contributed by atoms with Gasteiger partial charge in [0.2, 0.25) is 0 Å². The van der Waals surface area contributed by atoms with Crippen molar-refractivity contribution in [2.24, 2.45) is 11.8 Å². The van der Waals surface area contributed by atoms with Gasteiger partial charge in [-0.1, -0.05) is 174 Å². The summed E-state index contributed by atoms with van der Waals surface area (Å²) in [5.74, 6) is 0.942. The van der Waals surface area contributed by atoms with Crippen LogP contribution in [0.1, 0.15) is 56.9 Å². The van der Waals surface area contributed by atoms with Crippen LogP contribution in [0, 0.1) is 11.8 Å². The highest BCUT2D eigenvalue weighted by Crippen LogP contribution is 2.57. The van der Waals surface area contributed by atoms with E-state index in [1.807, 2.05) is 0 Å². The van der Waals surface area contributed by atoms with Crippen LogP contribution in [-0.4, -0.2) is 0 Å². The van der Waals surface area contributed by atoms with Gasteiger partial charge in [-0.05, 0) is 115 Å². The van der Waals surface area contributed by atoms with Crippen LogP contribution < -0.4 is 10.6 Å². The minimum Gasteiger partial charge on any atom is -0.355 e. The molecule has 7 aromatic rings. The van der Waals surface area contributed by atoms with Gasteiger partial charge in [0.25, 0.3) is 0 Å². The van der Waals surface area contributed by atoms with E-state index in [9.17, 15) is 0 Å². The Labute approximate surface area is 337 Å². The summed E-state index contributed by atoms with van der Waals surface area (Å²) in [6.45, 7) is 11.9. The summed E-state index contributed by atoms with van der Waals surface area (Å²) in [5.41, 5.74) is 21.1. The summed E-state index contributed by atoms with van der Waals surface area (Å²) in [5, 5.41) is 7.92. The van der Waals surface area contributed by atoms with Crippen molar-refractivity contribution in [3.63, 3.8) is 0 Å². The average Bonchev–Trinajstić information content (AvgIpc) is 3.63. The summed E-state index contributed by atoms with van der Waals surface area (Å²) in [4.78, 5) is 0. The minimum absolute atomic E-state index is 0.00896. The maximum absolute atomic E-state index is 3.98. The Morgan fingerprint density at radius 2 is 0.965 bits per heavy atom. The van der Waals surface area contributed by atoms with Crippen molar-refractivity contribution >= 4 is 28.3 Å². The molecular formula is C55H48N2. The van der Waals surface area contributed by atoms with Crippen molar-refractivity contribution in [2.45, 2.75) is 45.4 Å². The number of hydrogen-bond donors (Lipinski definition) is 2. The first-order chi connectivity index (χ1) is 27.7. The smallest absolute Gasteiger partial charge is 0.0464 e. The molecule has 0 heterocycles. The maximum atomic E-state index is 3.98. The quantitative estimate of drug-likeness (QED) is 0.170. The third kappa shape index (κ3) is 5.69. The lowest BCUT2D eigenvalue weighted by Gasteiger charge is -2.34. The number of rotatable bonds is 7. The fourth-order valence-electron chi connectivity index (χ4n) is 10.5. The Hall–Kier alpha value is -6.38. The summed E-state index contributed by atoms with van der Waals surface area (Å²) in [7, 11) is 0. The molecule has 0 amide bonds. The van der Waals surface area contributed by atoms with E-state index in [0.29, 0.717) is 11.8 Å². The molecule has 2 nitrogen and oxygen atoms in total. The molecule has 2 unspecified atom stereocenters. The molecule has 0 spiro atoms. The van der Waals surface area contributed by atoms with Gasteiger partial charge in [0.1, 0.15) is 0 Å². The third-order valence-electron chi connectivity index (χ3n) is 13.0. The minimum atomic E-state index is -0.118. The molecule has 0 fully saturated rings. The fraction of sp³-hybridized carbons (Fsp3) is 0.164. The van der Waals surface area contributed by atoms with Gasteiger partial charge in [0, 0.05) is 39.3 Å². The second-order valence-electron chi connectivity index (χ2n) is 17.2. The van der Waals surface area contributed by atoms with Crippen LogP contribution in [0.5, 0.6) is 0 Å². The van der Waals surface area contributed by atoms with Gasteiger partial charge in [-0.15, -0.1) is 0 Å². The largest absolute Gasteiger partial charge is 0.355 e. The van der Waals surface area contributed by atoms with Crippen molar-refractivity contribution in [2.75, 3.05) is 10.6 Å². The number of allylic oxidation sites excluding steroid dienone is 4. The SMILES string of the molecule is CC1C=CC=C2c3cccc(Nc4ccc(-c5ccc(Nc6cccc7c6C(C)(C)c6ccccc6-7)c(-c6ccccc6)c5)cc4-c4ccccc4)c3C(C)(C)C21. The topological polar surface area (TPSA) is 24.1 Å². The van der Waals surface area contributed by atoms with E-state index < -0.39 is 0 Å². The van der Waals surface area contributed by atoms with Gasteiger partial charge in [0.15, 0.2) is 0 Å². The number of hydrogen-bond acceptors (Lipinski definition) is 2. The Morgan fingerprint density at radius 1 is 0.439 bits per heavy atom. The molecule has 0 aliphatic heterocycles. The lowest BCUT2D eigenvalue weighted by Crippen LogP contribution is -2.29. The lowest BCUT2D eigenvalue weighted by atomic mass is 9.70. The maximum Gasteiger partial charge on any atom is 0.0464 e. The zero-order chi connectivity index (χ0) is 38.9. The summed E-state index contributed by atoms with van der Waals surface area (Å²) in [6, 6.07) is 57.7. The molecule has 57 heavy (non-hydrogen) atoms. The zero-order valence-corrected chi connectivity index (χ0v) is 33.4. The van der Waals surface area contributed by atoms with Crippen molar-refractivity contribution < 1.29 is 0 Å². The fourth-order valence-corrected chi connectivity index (χ4v) is 10.5. The second kappa shape index (κ2) is 13.4. The first kappa shape index (κ1) is 35.1. The van der Waals surface area contributed by atoms with Crippen LogP contribution in [0.4, 0.5) is 22.7 Å². The molecule has 7 aromatic carbocycles. The number of anilines is 4. The molecule has 3 aliphatic carbocycles. The number of nitrogens with one attached hydrogen (secondary N) is 2. The molecule has 2 heteroatoms. The van der Waals surface area contributed by atoms with Crippen LogP contribution >= 0.6 is 0 Å². The van der Waals surface area contributed by atoms with Gasteiger partial charge in [-0.25, -0.2) is 0 Å². The molecule has 278 valence electrons. The van der Waals surface area contributed by atoms with E-state index in [-0.39, 0.29) is 10.8 Å². The first-order valence-corrected chi connectivity index (χ1v) is 20.4. The predicted molar refractivity (Wildman–Crippen MR) is 243 cm³/mol. The van der Waals surface area contributed by atoms with E-state index in [0.717, 1.165) is 17.1 Å². The van der Waals surface area contributed by atoms with E-state index in [1.54, 1.807) is 0 Å². The Morgan fingerprint density at radius 3 is 1.58 bits per heavy atom. The average molecular weight is 737 g/mol. The Bertz CT molecular complexity index is 2750. The molecule has 3 aliphatic rings. The summed E-state index contributed by atoms with van der Waals surface area (Å²) in [6.07, 6.45) is 6.94. The van der Waals surface area contributed by atoms with Gasteiger partial charge >= 0.3 is 0 Å².